The number of hydrogen-bond donors (Lipinski definition) is 1. The van der Waals surface area contributed by atoms with Gasteiger partial charge in [0, 0.05) is 18.0 Å². The molecular weight excluding hydrogens is 350 g/mol. The smallest absolute Gasteiger partial charge is 0.267 e. The van der Waals surface area contributed by atoms with E-state index in [2.05, 4.69) is 9.82 Å². The number of sulfonamides is 1. The summed E-state index contributed by atoms with van der Waals surface area (Å²) in [6.07, 6.45) is 2.78. The zero-order chi connectivity index (χ0) is 18.1. The summed E-state index contributed by atoms with van der Waals surface area (Å²) in [4.78, 5) is 12.3. The number of aromatic nitrogens is 2. The second-order valence-corrected chi connectivity index (χ2v) is 8.14. The van der Waals surface area contributed by atoms with Gasteiger partial charge in [-0.2, -0.15) is 5.10 Å². The Morgan fingerprint density at radius 2 is 1.88 bits per heavy atom. The van der Waals surface area contributed by atoms with Crippen LogP contribution in [-0.4, -0.2) is 24.7 Å². The van der Waals surface area contributed by atoms with Gasteiger partial charge in [-0.25, -0.2) is 17.8 Å². The summed E-state index contributed by atoms with van der Waals surface area (Å²) in [6.45, 7) is 0.313. The van der Waals surface area contributed by atoms with Gasteiger partial charge in [-0.1, -0.05) is 36.4 Å². The van der Waals surface area contributed by atoms with Crippen LogP contribution in [0.2, 0.25) is 0 Å². The Morgan fingerprint density at radius 3 is 2.77 bits per heavy atom. The highest BCUT2D eigenvalue weighted by Gasteiger charge is 2.18. The molecule has 1 aliphatic carbocycles. The molecule has 1 heterocycles. The van der Waals surface area contributed by atoms with Gasteiger partial charge in [0.05, 0.1) is 17.1 Å². The number of rotatable bonds is 5. The van der Waals surface area contributed by atoms with Gasteiger partial charge in [0.15, 0.2) is 0 Å². The molecule has 6 nitrogen and oxygen atoms in total. The van der Waals surface area contributed by atoms with Crippen LogP contribution in [0.4, 0.5) is 0 Å². The third kappa shape index (κ3) is 3.15. The molecule has 1 aliphatic rings. The predicted octanol–water partition coefficient (Wildman–Crippen LogP) is 1.86. The van der Waals surface area contributed by atoms with Crippen LogP contribution in [0.5, 0.6) is 0 Å². The second kappa shape index (κ2) is 6.66. The normalized spacial score (nSPS) is 13.8. The van der Waals surface area contributed by atoms with Gasteiger partial charge in [0.2, 0.25) is 10.0 Å². The van der Waals surface area contributed by atoms with E-state index in [1.165, 1.54) is 4.68 Å². The Bertz CT molecular complexity index is 1130. The van der Waals surface area contributed by atoms with Gasteiger partial charge in [-0.3, -0.25) is 4.79 Å². The average Bonchev–Trinajstić information content (AvgIpc) is 3.08. The molecule has 0 saturated carbocycles. The zero-order valence-corrected chi connectivity index (χ0v) is 15.0. The van der Waals surface area contributed by atoms with Crippen molar-refractivity contribution in [3.63, 3.8) is 0 Å². The number of benzene rings is 2. The van der Waals surface area contributed by atoms with E-state index in [9.17, 15) is 13.2 Å². The van der Waals surface area contributed by atoms with Crippen molar-refractivity contribution < 1.29 is 8.42 Å². The molecule has 4 rings (SSSR count). The number of fused-ring (bicyclic) bond motifs is 2. The van der Waals surface area contributed by atoms with E-state index in [4.69, 9.17) is 0 Å². The van der Waals surface area contributed by atoms with Crippen LogP contribution in [0.15, 0.2) is 58.2 Å². The van der Waals surface area contributed by atoms with Crippen LogP contribution in [0.25, 0.3) is 10.8 Å². The first-order valence-corrected chi connectivity index (χ1v) is 10.1. The highest BCUT2D eigenvalue weighted by atomic mass is 32.2. The molecule has 0 radical (unpaired) electrons. The summed E-state index contributed by atoms with van der Waals surface area (Å²) in [6, 6.07) is 14.2. The van der Waals surface area contributed by atoms with Crippen LogP contribution in [0, 0.1) is 0 Å². The zero-order valence-electron chi connectivity index (χ0n) is 14.2. The quantitative estimate of drug-likeness (QED) is 0.744. The molecule has 7 heteroatoms. The molecular formula is C19H19N3O3S. The van der Waals surface area contributed by atoms with Crippen molar-refractivity contribution in [1.29, 1.82) is 0 Å². The molecule has 3 aromatic rings. The van der Waals surface area contributed by atoms with E-state index >= 15 is 0 Å². The molecule has 1 aromatic heterocycles. The summed E-state index contributed by atoms with van der Waals surface area (Å²) in [5.74, 6) is 0. The number of aryl methyl sites for hydroxylation is 2. The van der Waals surface area contributed by atoms with Crippen molar-refractivity contribution in [2.45, 2.75) is 30.7 Å². The molecule has 0 aliphatic heterocycles. The number of nitrogens with zero attached hydrogens (tertiary/aromatic N) is 2. The van der Waals surface area contributed by atoms with Gasteiger partial charge >= 0.3 is 0 Å². The standard InChI is InChI=1S/C19H19N3O3S/c23-19-13-15-7-3-9-17(15)21-22(19)12-11-20-26(24,25)18-10-4-6-14-5-1-2-8-16(14)18/h1-2,4-6,8,10,13,20H,3,7,9,11-12H2. The van der Waals surface area contributed by atoms with Crippen molar-refractivity contribution in [3.05, 3.63) is 70.1 Å². The minimum Gasteiger partial charge on any atom is -0.268 e. The summed E-state index contributed by atoms with van der Waals surface area (Å²) in [5.41, 5.74) is 1.78. The van der Waals surface area contributed by atoms with Crippen LogP contribution >= 0.6 is 0 Å². The van der Waals surface area contributed by atoms with Gasteiger partial charge in [0.25, 0.3) is 5.56 Å². The van der Waals surface area contributed by atoms with Crippen molar-refractivity contribution in [2.24, 2.45) is 0 Å². The second-order valence-electron chi connectivity index (χ2n) is 6.41. The molecule has 0 amide bonds. The first-order chi connectivity index (χ1) is 12.5. The van der Waals surface area contributed by atoms with E-state index in [-0.39, 0.29) is 23.5 Å². The SMILES string of the molecule is O=c1cc2c(nn1CCNS(=O)(=O)c1cccc3ccccc13)CCC2. The molecule has 0 unspecified atom stereocenters. The van der Waals surface area contributed by atoms with Crippen LogP contribution < -0.4 is 10.3 Å². The Hall–Kier alpha value is -2.51. The van der Waals surface area contributed by atoms with Gasteiger partial charge < -0.3 is 0 Å². The van der Waals surface area contributed by atoms with Crippen molar-refractivity contribution in [1.82, 2.24) is 14.5 Å². The van der Waals surface area contributed by atoms with Gasteiger partial charge in [-0.05, 0) is 36.3 Å². The highest BCUT2D eigenvalue weighted by Crippen LogP contribution is 2.22. The Balaban J connectivity index is 1.53. The van der Waals surface area contributed by atoms with Gasteiger partial charge in [-0.15, -0.1) is 0 Å². The molecule has 1 N–H and O–H groups in total. The van der Waals surface area contributed by atoms with Gasteiger partial charge in [0.1, 0.15) is 0 Å². The Morgan fingerprint density at radius 1 is 1.08 bits per heavy atom. The molecule has 134 valence electrons. The fourth-order valence-corrected chi connectivity index (χ4v) is 4.64. The van der Waals surface area contributed by atoms with E-state index in [1.54, 1.807) is 24.3 Å². The lowest BCUT2D eigenvalue weighted by Crippen LogP contribution is -2.32. The van der Waals surface area contributed by atoms with Crippen LogP contribution in [0.3, 0.4) is 0 Å². The first kappa shape index (κ1) is 16.9. The Labute approximate surface area is 151 Å². The predicted molar refractivity (Wildman–Crippen MR) is 99.7 cm³/mol. The Kier molecular flexibility index (Phi) is 4.34. The van der Waals surface area contributed by atoms with Crippen molar-refractivity contribution in [3.8, 4) is 0 Å². The lowest BCUT2D eigenvalue weighted by Gasteiger charge is -2.11. The van der Waals surface area contributed by atoms with Crippen LogP contribution in [-0.2, 0) is 29.4 Å². The highest BCUT2D eigenvalue weighted by molar-refractivity contribution is 7.89. The topological polar surface area (TPSA) is 81.1 Å². The maximum atomic E-state index is 12.7. The fraction of sp³-hybridized carbons (Fsp3) is 0.263. The monoisotopic (exact) mass is 369 g/mol. The molecule has 0 fully saturated rings. The molecule has 26 heavy (non-hydrogen) atoms. The van der Waals surface area contributed by atoms with E-state index in [1.807, 2.05) is 24.3 Å². The average molecular weight is 369 g/mol. The fourth-order valence-electron chi connectivity index (χ4n) is 3.39. The van der Waals surface area contributed by atoms with E-state index < -0.39 is 10.0 Å². The summed E-state index contributed by atoms with van der Waals surface area (Å²) < 4.78 is 29.3. The number of nitrogens with one attached hydrogen (secondary N) is 1. The molecule has 0 saturated heterocycles. The minimum absolute atomic E-state index is 0.108. The van der Waals surface area contributed by atoms with Crippen molar-refractivity contribution >= 4 is 20.8 Å². The van der Waals surface area contributed by atoms with Crippen molar-refractivity contribution in [2.75, 3.05) is 6.54 Å². The lowest BCUT2D eigenvalue weighted by atomic mass is 10.1. The third-order valence-corrected chi connectivity index (χ3v) is 6.20. The summed E-state index contributed by atoms with van der Waals surface area (Å²) in [7, 11) is -3.67. The minimum atomic E-state index is -3.67. The molecule has 0 spiro atoms. The third-order valence-electron chi connectivity index (χ3n) is 4.68. The first-order valence-electron chi connectivity index (χ1n) is 8.62. The van der Waals surface area contributed by atoms with Crippen LogP contribution in [0.1, 0.15) is 17.7 Å². The summed E-state index contributed by atoms with van der Waals surface area (Å²) in [5, 5.41) is 5.91. The maximum absolute atomic E-state index is 12.7. The molecule has 0 atom stereocenters. The maximum Gasteiger partial charge on any atom is 0.267 e. The molecule has 0 bridgehead atoms. The largest absolute Gasteiger partial charge is 0.268 e. The number of hydrogen-bond acceptors (Lipinski definition) is 4. The lowest BCUT2D eigenvalue weighted by molar-refractivity contribution is 0.542. The van der Waals surface area contributed by atoms with E-state index in [0.29, 0.717) is 5.39 Å². The molecule has 2 aromatic carbocycles. The summed E-state index contributed by atoms with van der Waals surface area (Å²) >= 11 is 0. The van der Waals surface area contributed by atoms with E-state index in [0.717, 1.165) is 35.9 Å².